The highest BCUT2D eigenvalue weighted by Gasteiger charge is 2.13. The van der Waals surface area contributed by atoms with Gasteiger partial charge in [0.15, 0.2) is 0 Å². The maximum absolute atomic E-state index is 10.3. The molecule has 4 heteroatoms. The summed E-state index contributed by atoms with van der Waals surface area (Å²) in [7, 11) is 0. The molecule has 0 aliphatic carbocycles. The first-order valence-corrected chi connectivity index (χ1v) is 8.68. The molecule has 1 atom stereocenters. The van der Waals surface area contributed by atoms with E-state index in [1.807, 2.05) is 31.2 Å². The van der Waals surface area contributed by atoms with Gasteiger partial charge in [0.25, 0.3) is 0 Å². The van der Waals surface area contributed by atoms with Crippen molar-refractivity contribution in [2.75, 3.05) is 19.7 Å². The predicted octanol–water partition coefficient (Wildman–Crippen LogP) is 3.71. The van der Waals surface area contributed by atoms with Gasteiger partial charge in [-0.3, -0.25) is 4.90 Å². The fourth-order valence-corrected chi connectivity index (χ4v) is 3.18. The lowest BCUT2D eigenvalue weighted by Crippen LogP contribution is -2.35. The maximum atomic E-state index is 10.3. The van der Waals surface area contributed by atoms with E-state index >= 15 is 0 Å². The van der Waals surface area contributed by atoms with Crippen molar-refractivity contribution in [2.24, 2.45) is 0 Å². The molecule has 1 unspecified atom stereocenters. The molecular formula is C18H25NO2S. The van der Waals surface area contributed by atoms with Gasteiger partial charge in [-0.25, -0.2) is 0 Å². The number of benzene rings is 1. The molecule has 120 valence electrons. The monoisotopic (exact) mass is 319 g/mol. The Kier molecular flexibility index (Phi) is 6.90. The average molecular weight is 319 g/mol. The zero-order chi connectivity index (χ0) is 15.8. The number of aryl methyl sites for hydroxylation is 1. The third-order valence-electron chi connectivity index (χ3n) is 3.49. The van der Waals surface area contributed by atoms with E-state index in [2.05, 4.69) is 29.3 Å². The van der Waals surface area contributed by atoms with Gasteiger partial charge < -0.3 is 9.84 Å². The Morgan fingerprint density at radius 3 is 2.73 bits per heavy atom. The van der Waals surface area contributed by atoms with E-state index in [1.54, 1.807) is 11.3 Å². The Morgan fingerprint density at radius 1 is 1.23 bits per heavy atom. The Balaban J connectivity index is 1.82. The Labute approximate surface area is 137 Å². The summed E-state index contributed by atoms with van der Waals surface area (Å²) < 4.78 is 5.74. The van der Waals surface area contributed by atoms with Crippen LogP contribution in [-0.2, 0) is 6.54 Å². The molecule has 0 saturated carbocycles. The van der Waals surface area contributed by atoms with Gasteiger partial charge in [0.1, 0.15) is 18.5 Å². The minimum absolute atomic E-state index is 0.329. The molecule has 0 aliphatic heterocycles. The molecule has 2 aromatic rings. The number of rotatable bonds is 9. The summed E-state index contributed by atoms with van der Waals surface area (Å²) in [6.45, 7) is 7.03. The van der Waals surface area contributed by atoms with Crippen molar-refractivity contribution < 1.29 is 9.84 Å². The van der Waals surface area contributed by atoms with E-state index in [1.165, 1.54) is 4.88 Å². The molecule has 22 heavy (non-hydrogen) atoms. The third-order valence-corrected chi connectivity index (χ3v) is 4.35. The molecule has 1 N–H and O–H groups in total. The number of para-hydroxylation sites is 1. The van der Waals surface area contributed by atoms with Crippen molar-refractivity contribution in [3.63, 3.8) is 0 Å². The Hall–Kier alpha value is -1.36. The lowest BCUT2D eigenvalue weighted by Gasteiger charge is -2.24. The minimum Gasteiger partial charge on any atom is -0.491 e. The van der Waals surface area contributed by atoms with Crippen molar-refractivity contribution in [2.45, 2.75) is 32.9 Å². The topological polar surface area (TPSA) is 32.7 Å². The minimum atomic E-state index is -0.480. The molecule has 0 fully saturated rings. The quantitative estimate of drug-likeness (QED) is 0.765. The molecule has 1 aromatic carbocycles. The van der Waals surface area contributed by atoms with E-state index in [9.17, 15) is 5.11 Å². The molecule has 0 spiro atoms. The summed E-state index contributed by atoms with van der Waals surface area (Å²) in [6.07, 6.45) is 0.600. The maximum Gasteiger partial charge on any atom is 0.122 e. The van der Waals surface area contributed by atoms with E-state index < -0.39 is 6.10 Å². The first kappa shape index (κ1) is 17.0. The fraction of sp³-hybridized carbons (Fsp3) is 0.444. The van der Waals surface area contributed by atoms with Crippen LogP contribution in [-0.4, -0.2) is 35.8 Å². The van der Waals surface area contributed by atoms with Gasteiger partial charge in [-0.15, -0.1) is 11.3 Å². The summed E-state index contributed by atoms with van der Waals surface area (Å²) in [5.41, 5.74) is 1.10. The highest BCUT2D eigenvalue weighted by Crippen LogP contribution is 2.17. The molecule has 0 saturated heterocycles. The summed E-state index contributed by atoms with van der Waals surface area (Å²) >= 11 is 1.76. The Bertz CT molecular complexity index is 542. The van der Waals surface area contributed by atoms with Crippen LogP contribution in [0.4, 0.5) is 0 Å². The molecule has 0 bridgehead atoms. The second-order valence-corrected chi connectivity index (χ2v) is 6.58. The average Bonchev–Trinajstić information content (AvgIpc) is 2.99. The van der Waals surface area contributed by atoms with Crippen LogP contribution in [0.2, 0.25) is 0 Å². The van der Waals surface area contributed by atoms with Crippen molar-refractivity contribution in [1.29, 1.82) is 0 Å². The highest BCUT2D eigenvalue weighted by atomic mass is 32.1. The molecule has 1 aromatic heterocycles. The van der Waals surface area contributed by atoms with E-state index in [-0.39, 0.29) is 0 Å². The van der Waals surface area contributed by atoms with Crippen LogP contribution >= 0.6 is 11.3 Å². The predicted molar refractivity (Wildman–Crippen MR) is 92.6 cm³/mol. The standard InChI is InChI=1S/C18H25NO2S/c1-3-10-19(13-17-8-6-11-22-17)12-16(20)14-21-18-9-5-4-7-15(18)2/h4-9,11,16,20H,3,10,12-14H2,1-2H3. The summed E-state index contributed by atoms with van der Waals surface area (Å²) in [4.78, 5) is 3.62. The molecule has 1 heterocycles. The van der Waals surface area contributed by atoms with Crippen molar-refractivity contribution in [3.05, 3.63) is 52.2 Å². The van der Waals surface area contributed by atoms with E-state index in [0.717, 1.165) is 30.8 Å². The van der Waals surface area contributed by atoms with Crippen LogP contribution in [0.1, 0.15) is 23.8 Å². The summed E-state index contributed by atoms with van der Waals surface area (Å²) in [5.74, 6) is 0.849. The van der Waals surface area contributed by atoms with E-state index in [4.69, 9.17) is 4.74 Å². The van der Waals surface area contributed by atoms with Gasteiger partial charge in [-0.2, -0.15) is 0 Å². The lowest BCUT2D eigenvalue weighted by atomic mass is 10.2. The number of hydrogen-bond acceptors (Lipinski definition) is 4. The number of nitrogens with zero attached hydrogens (tertiary/aromatic N) is 1. The van der Waals surface area contributed by atoms with Crippen molar-refractivity contribution >= 4 is 11.3 Å². The highest BCUT2D eigenvalue weighted by molar-refractivity contribution is 7.09. The second kappa shape index (κ2) is 8.93. The smallest absolute Gasteiger partial charge is 0.122 e. The van der Waals surface area contributed by atoms with Crippen LogP contribution in [0.5, 0.6) is 5.75 Å². The van der Waals surface area contributed by atoms with Crippen molar-refractivity contribution in [3.8, 4) is 5.75 Å². The molecule has 0 radical (unpaired) electrons. The van der Waals surface area contributed by atoms with Crippen LogP contribution in [0, 0.1) is 6.92 Å². The lowest BCUT2D eigenvalue weighted by molar-refractivity contribution is 0.0657. The number of thiophene rings is 1. The van der Waals surface area contributed by atoms with Gasteiger partial charge in [-0.1, -0.05) is 31.2 Å². The summed E-state index contributed by atoms with van der Waals surface area (Å²) in [5, 5.41) is 12.4. The van der Waals surface area contributed by atoms with Crippen LogP contribution in [0.15, 0.2) is 41.8 Å². The molecule has 0 amide bonds. The molecule has 0 aliphatic rings. The normalized spacial score (nSPS) is 12.5. The van der Waals surface area contributed by atoms with Gasteiger partial charge in [0.2, 0.25) is 0 Å². The molecule has 3 nitrogen and oxygen atoms in total. The largest absolute Gasteiger partial charge is 0.491 e. The summed E-state index contributed by atoms with van der Waals surface area (Å²) in [6, 6.07) is 12.1. The van der Waals surface area contributed by atoms with E-state index in [0.29, 0.717) is 13.2 Å². The Morgan fingerprint density at radius 2 is 2.05 bits per heavy atom. The van der Waals surface area contributed by atoms with Gasteiger partial charge in [-0.05, 0) is 43.0 Å². The fourth-order valence-electron chi connectivity index (χ4n) is 2.43. The zero-order valence-corrected chi connectivity index (χ0v) is 14.2. The van der Waals surface area contributed by atoms with Crippen LogP contribution < -0.4 is 4.74 Å². The first-order chi connectivity index (χ1) is 10.7. The number of hydrogen-bond donors (Lipinski definition) is 1. The molecule has 2 rings (SSSR count). The number of ether oxygens (including phenoxy) is 1. The van der Waals surface area contributed by atoms with Crippen LogP contribution in [0.3, 0.4) is 0 Å². The number of aliphatic hydroxyl groups excluding tert-OH is 1. The number of aliphatic hydroxyl groups is 1. The van der Waals surface area contributed by atoms with Gasteiger partial charge >= 0.3 is 0 Å². The third kappa shape index (κ3) is 5.44. The van der Waals surface area contributed by atoms with Gasteiger partial charge in [0, 0.05) is 18.0 Å². The SMILES string of the molecule is CCCN(Cc1cccs1)CC(O)COc1ccccc1C. The first-order valence-electron chi connectivity index (χ1n) is 7.80. The van der Waals surface area contributed by atoms with Gasteiger partial charge in [0.05, 0.1) is 0 Å². The van der Waals surface area contributed by atoms with Crippen molar-refractivity contribution in [1.82, 2.24) is 4.90 Å². The molecular weight excluding hydrogens is 294 g/mol. The zero-order valence-electron chi connectivity index (χ0n) is 13.4. The second-order valence-electron chi connectivity index (χ2n) is 5.54. The van der Waals surface area contributed by atoms with Crippen LogP contribution in [0.25, 0.3) is 0 Å².